The minimum Gasteiger partial charge on any atom is -0.445 e. The number of ether oxygens (including phenoxy) is 2. The smallest absolute Gasteiger partial charge is 0.376 e. The van der Waals surface area contributed by atoms with E-state index in [4.69, 9.17) is 9.47 Å². The van der Waals surface area contributed by atoms with Crippen LogP contribution in [0.4, 0.5) is 0 Å². The van der Waals surface area contributed by atoms with Crippen LogP contribution in [-0.4, -0.2) is 11.8 Å². The molecule has 3 nitrogen and oxygen atoms in total. The normalized spacial score (nSPS) is 47.6. The van der Waals surface area contributed by atoms with Crippen LogP contribution in [0.5, 0.6) is 0 Å². The lowest BCUT2D eigenvalue weighted by molar-refractivity contribution is -0.178. The van der Waals surface area contributed by atoms with Crippen molar-refractivity contribution in [3.63, 3.8) is 0 Å². The molecule has 4 saturated carbocycles. The van der Waals surface area contributed by atoms with Gasteiger partial charge in [0.2, 0.25) is 5.76 Å². The average Bonchev–Trinajstić information content (AvgIpc) is 2.73. The molecule has 1 unspecified atom stereocenters. The van der Waals surface area contributed by atoms with Crippen molar-refractivity contribution < 1.29 is 14.3 Å². The summed E-state index contributed by atoms with van der Waals surface area (Å²) in [4.78, 5) is 11.6. The highest BCUT2D eigenvalue weighted by molar-refractivity contribution is 5.87. The van der Waals surface area contributed by atoms with E-state index in [1.807, 2.05) is 6.92 Å². The minimum atomic E-state index is -0.719. The predicted octanol–water partition coefficient (Wildman–Crippen LogP) is 4.03. The third-order valence-electron chi connectivity index (χ3n) is 6.63. The zero-order valence-electron chi connectivity index (χ0n) is 13.0. The van der Waals surface area contributed by atoms with Crippen LogP contribution in [0, 0.1) is 29.6 Å². The van der Waals surface area contributed by atoms with Gasteiger partial charge in [-0.15, -0.1) is 0 Å². The molecule has 0 aromatic rings. The van der Waals surface area contributed by atoms with Crippen LogP contribution in [0.1, 0.15) is 58.3 Å². The largest absolute Gasteiger partial charge is 0.445 e. The summed E-state index contributed by atoms with van der Waals surface area (Å²) in [5, 5.41) is 0. The molecular weight excluding hydrogens is 264 g/mol. The van der Waals surface area contributed by atoms with Gasteiger partial charge in [-0.05, 0) is 74.7 Å². The molecule has 4 aliphatic carbocycles. The van der Waals surface area contributed by atoms with Crippen LogP contribution < -0.4 is 0 Å². The van der Waals surface area contributed by atoms with E-state index in [9.17, 15) is 4.79 Å². The van der Waals surface area contributed by atoms with Crippen molar-refractivity contribution in [2.75, 3.05) is 0 Å². The number of esters is 1. The fourth-order valence-corrected chi connectivity index (χ4v) is 5.83. The van der Waals surface area contributed by atoms with E-state index in [1.54, 1.807) is 0 Å². The van der Waals surface area contributed by atoms with Crippen LogP contribution in [0.2, 0.25) is 0 Å². The summed E-state index contributed by atoms with van der Waals surface area (Å²) in [6.45, 7) is 5.68. The first-order valence-corrected chi connectivity index (χ1v) is 8.70. The van der Waals surface area contributed by atoms with Gasteiger partial charge in [0.1, 0.15) is 0 Å². The molecule has 0 amide bonds. The lowest BCUT2D eigenvalue weighted by Crippen LogP contribution is -2.45. The number of cyclic esters (lactones) is 1. The van der Waals surface area contributed by atoms with Gasteiger partial charge in [-0.3, -0.25) is 0 Å². The number of carbonyl (C=O) groups is 1. The second kappa shape index (κ2) is 4.76. The van der Waals surface area contributed by atoms with E-state index in [-0.39, 0.29) is 11.7 Å². The molecule has 5 fully saturated rings. The molecule has 0 radical (unpaired) electrons. The van der Waals surface area contributed by atoms with Gasteiger partial charge in [0.25, 0.3) is 5.79 Å². The zero-order chi connectivity index (χ0) is 14.6. The van der Waals surface area contributed by atoms with Gasteiger partial charge in [0, 0.05) is 12.8 Å². The first kappa shape index (κ1) is 13.7. The molecule has 1 heterocycles. The second-order valence-corrected chi connectivity index (χ2v) is 7.81. The Balaban J connectivity index is 1.42. The molecule has 0 spiro atoms. The summed E-state index contributed by atoms with van der Waals surface area (Å²) in [6, 6.07) is 0. The van der Waals surface area contributed by atoms with Gasteiger partial charge in [-0.1, -0.05) is 6.92 Å². The molecule has 0 aromatic carbocycles. The fourth-order valence-electron chi connectivity index (χ4n) is 5.83. The maximum Gasteiger partial charge on any atom is 0.376 e. The van der Waals surface area contributed by atoms with E-state index in [0.29, 0.717) is 6.42 Å². The Morgan fingerprint density at radius 1 is 1.10 bits per heavy atom. The van der Waals surface area contributed by atoms with Crippen molar-refractivity contribution in [2.24, 2.45) is 29.6 Å². The summed E-state index contributed by atoms with van der Waals surface area (Å²) < 4.78 is 11.2. The minimum absolute atomic E-state index is 0.182. The van der Waals surface area contributed by atoms with E-state index >= 15 is 0 Å². The maximum absolute atomic E-state index is 11.6. The second-order valence-electron chi connectivity index (χ2n) is 7.81. The number of hydrogen-bond acceptors (Lipinski definition) is 3. The maximum atomic E-state index is 11.6. The van der Waals surface area contributed by atoms with Crippen molar-refractivity contribution in [3.05, 3.63) is 12.3 Å². The standard InChI is InChI=1S/C18H26O3/c1-3-18(20-11(2)17(19)21-18)5-4-16-14-7-12-6-13(9-14)10-15(16)8-12/h12-16H,2-10H2,1H3. The van der Waals surface area contributed by atoms with E-state index in [1.165, 1.54) is 32.1 Å². The third kappa shape index (κ3) is 2.20. The van der Waals surface area contributed by atoms with Crippen molar-refractivity contribution in [2.45, 2.75) is 64.1 Å². The third-order valence-corrected chi connectivity index (χ3v) is 6.63. The molecule has 4 bridgehead atoms. The van der Waals surface area contributed by atoms with Crippen molar-refractivity contribution in [1.82, 2.24) is 0 Å². The van der Waals surface area contributed by atoms with Crippen LogP contribution >= 0.6 is 0 Å². The molecule has 5 aliphatic rings. The first-order valence-electron chi connectivity index (χ1n) is 8.70. The SMILES string of the molecule is C=C1OC(CC)(CCC2C3CC4CC(C3)CC2C4)OC1=O. The van der Waals surface area contributed by atoms with E-state index < -0.39 is 5.79 Å². The topological polar surface area (TPSA) is 35.5 Å². The van der Waals surface area contributed by atoms with Crippen LogP contribution in [0.15, 0.2) is 12.3 Å². The molecule has 21 heavy (non-hydrogen) atoms. The zero-order valence-corrected chi connectivity index (χ0v) is 13.0. The van der Waals surface area contributed by atoms with Gasteiger partial charge in [-0.25, -0.2) is 4.79 Å². The van der Waals surface area contributed by atoms with Gasteiger partial charge in [0.15, 0.2) is 0 Å². The molecule has 0 aromatic heterocycles. The van der Waals surface area contributed by atoms with Crippen LogP contribution in [0.3, 0.4) is 0 Å². The molecule has 1 saturated heterocycles. The highest BCUT2D eigenvalue weighted by Crippen LogP contribution is 2.58. The highest BCUT2D eigenvalue weighted by Gasteiger charge is 2.50. The van der Waals surface area contributed by atoms with Gasteiger partial charge >= 0.3 is 5.97 Å². The molecular formula is C18H26O3. The molecule has 3 heteroatoms. The Morgan fingerprint density at radius 3 is 2.19 bits per heavy atom. The highest BCUT2D eigenvalue weighted by atomic mass is 16.8. The summed E-state index contributed by atoms with van der Waals surface area (Å²) in [6.07, 6.45) is 9.98. The van der Waals surface area contributed by atoms with Crippen molar-refractivity contribution >= 4 is 5.97 Å². The Kier molecular flexibility index (Phi) is 3.09. The molecule has 0 N–H and O–H groups in total. The van der Waals surface area contributed by atoms with Crippen molar-refractivity contribution in [1.29, 1.82) is 0 Å². The Morgan fingerprint density at radius 2 is 1.71 bits per heavy atom. The van der Waals surface area contributed by atoms with Crippen LogP contribution in [-0.2, 0) is 14.3 Å². The van der Waals surface area contributed by atoms with Gasteiger partial charge < -0.3 is 9.47 Å². The Labute approximate surface area is 127 Å². The summed E-state index contributed by atoms with van der Waals surface area (Å²) >= 11 is 0. The summed E-state index contributed by atoms with van der Waals surface area (Å²) in [5.74, 6) is 3.81. The number of rotatable bonds is 4. The van der Waals surface area contributed by atoms with Crippen LogP contribution in [0.25, 0.3) is 0 Å². The lowest BCUT2D eigenvalue weighted by Gasteiger charge is -2.55. The lowest BCUT2D eigenvalue weighted by atomic mass is 9.51. The predicted molar refractivity (Wildman–Crippen MR) is 79.1 cm³/mol. The Hall–Kier alpha value is -0.990. The molecule has 1 atom stereocenters. The molecule has 116 valence electrons. The van der Waals surface area contributed by atoms with Crippen molar-refractivity contribution in [3.8, 4) is 0 Å². The number of carbonyl (C=O) groups excluding carboxylic acids is 1. The monoisotopic (exact) mass is 290 g/mol. The molecule has 1 aliphatic heterocycles. The van der Waals surface area contributed by atoms with E-state index in [0.717, 1.165) is 42.4 Å². The number of hydrogen-bond donors (Lipinski definition) is 0. The van der Waals surface area contributed by atoms with E-state index in [2.05, 4.69) is 6.58 Å². The molecule has 5 rings (SSSR count). The van der Waals surface area contributed by atoms with Gasteiger partial charge in [0.05, 0.1) is 0 Å². The first-order chi connectivity index (χ1) is 10.1. The fraction of sp³-hybridized carbons (Fsp3) is 0.833. The summed E-state index contributed by atoms with van der Waals surface area (Å²) in [5.41, 5.74) is 0. The van der Waals surface area contributed by atoms with Gasteiger partial charge in [-0.2, -0.15) is 0 Å². The Bertz CT molecular complexity index is 423. The quantitative estimate of drug-likeness (QED) is 0.579. The average molecular weight is 290 g/mol. The summed E-state index contributed by atoms with van der Waals surface area (Å²) in [7, 11) is 0.